The SMILES string of the molecule is O=C1CCC(N2Cc3c[c-]c(COC(=O)Nc4ccccn4)cc3C2=O)C(=O)N1.[Y]. The largest absolute Gasteiger partial charge is 0.447 e. The van der Waals surface area contributed by atoms with Gasteiger partial charge in [0.1, 0.15) is 11.9 Å². The standard InChI is InChI=1S/C20H17N4O5.Y/c25-17-7-6-15(18(26)23-17)24-10-13-5-4-12(9-14(13)19(24)27)11-29-20(28)22-16-3-1-2-8-21-16;/h1-3,5,8-9,15H,6-7,10-11H2,(H,21,22,28)(H,23,25,26);/q-1;. The summed E-state index contributed by atoms with van der Waals surface area (Å²) < 4.78 is 5.15. The molecule has 4 rings (SSSR count). The van der Waals surface area contributed by atoms with Gasteiger partial charge in [0, 0.05) is 51.9 Å². The van der Waals surface area contributed by atoms with E-state index < -0.39 is 18.0 Å². The number of carbonyl (C=O) groups excluding carboxylic acids is 4. The van der Waals surface area contributed by atoms with E-state index in [0.29, 0.717) is 23.4 Å². The summed E-state index contributed by atoms with van der Waals surface area (Å²) >= 11 is 0. The Morgan fingerprint density at radius 1 is 1.33 bits per heavy atom. The van der Waals surface area contributed by atoms with E-state index in [1.807, 2.05) is 0 Å². The normalized spacial score (nSPS) is 17.7. The number of aromatic nitrogens is 1. The minimum absolute atomic E-state index is 0. The average molecular weight is 482 g/mol. The number of hydrogen-bond acceptors (Lipinski definition) is 6. The molecule has 9 nitrogen and oxygen atoms in total. The molecule has 4 amide bonds. The topological polar surface area (TPSA) is 118 Å². The number of benzene rings is 1. The summed E-state index contributed by atoms with van der Waals surface area (Å²) in [4.78, 5) is 53.5. The zero-order chi connectivity index (χ0) is 20.4. The van der Waals surface area contributed by atoms with E-state index >= 15 is 0 Å². The molecule has 30 heavy (non-hydrogen) atoms. The number of piperidine rings is 1. The molecule has 1 unspecified atom stereocenters. The summed E-state index contributed by atoms with van der Waals surface area (Å²) in [5.41, 5.74) is 1.71. The molecule has 1 fully saturated rings. The third kappa shape index (κ3) is 4.74. The molecule has 2 N–H and O–H groups in total. The number of rotatable bonds is 4. The molecule has 0 spiro atoms. The summed E-state index contributed by atoms with van der Waals surface area (Å²) in [6.07, 6.45) is 1.38. The number of fused-ring (bicyclic) bond motifs is 1. The number of nitrogens with zero attached hydrogens (tertiary/aromatic N) is 2. The second-order valence-corrected chi connectivity index (χ2v) is 6.71. The second-order valence-electron chi connectivity index (χ2n) is 6.71. The maximum absolute atomic E-state index is 12.8. The monoisotopic (exact) mass is 482 g/mol. The minimum atomic E-state index is -0.672. The Morgan fingerprint density at radius 2 is 2.17 bits per heavy atom. The first-order chi connectivity index (χ1) is 14.0. The number of hydrogen-bond donors (Lipinski definition) is 2. The Balaban J connectivity index is 0.00000256. The first kappa shape index (κ1) is 22.0. The van der Waals surface area contributed by atoms with Crippen molar-refractivity contribution >= 4 is 29.6 Å². The third-order valence-corrected chi connectivity index (χ3v) is 4.77. The van der Waals surface area contributed by atoms with Gasteiger partial charge in [-0.15, -0.1) is 11.1 Å². The fourth-order valence-electron chi connectivity index (χ4n) is 3.34. The van der Waals surface area contributed by atoms with Gasteiger partial charge in [0.2, 0.25) is 17.7 Å². The van der Waals surface area contributed by atoms with Crippen molar-refractivity contribution in [2.75, 3.05) is 5.32 Å². The van der Waals surface area contributed by atoms with Crippen molar-refractivity contribution in [3.05, 3.63) is 59.3 Å². The Labute approximate surface area is 197 Å². The van der Waals surface area contributed by atoms with Gasteiger partial charge in [-0.05, 0) is 18.6 Å². The van der Waals surface area contributed by atoms with E-state index in [9.17, 15) is 19.2 Å². The van der Waals surface area contributed by atoms with Gasteiger partial charge < -0.3 is 9.64 Å². The molecule has 0 aliphatic carbocycles. The summed E-state index contributed by atoms with van der Waals surface area (Å²) in [5.74, 6) is -0.707. The maximum Gasteiger partial charge on any atom is 0.413 e. The molecule has 0 saturated carbocycles. The number of anilines is 1. The van der Waals surface area contributed by atoms with E-state index in [1.165, 1.54) is 4.90 Å². The van der Waals surface area contributed by atoms with Crippen LogP contribution in [0.2, 0.25) is 0 Å². The molecule has 2 aliphatic rings. The van der Waals surface area contributed by atoms with Gasteiger partial charge >= 0.3 is 6.09 Å². The van der Waals surface area contributed by atoms with Crippen molar-refractivity contribution < 1.29 is 56.6 Å². The van der Waals surface area contributed by atoms with Crippen molar-refractivity contribution in [3.63, 3.8) is 0 Å². The molecular formula is C20H17N4O5Y-. The van der Waals surface area contributed by atoms with Crippen LogP contribution in [0.4, 0.5) is 10.6 Å². The molecule has 1 atom stereocenters. The van der Waals surface area contributed by atoms with Gasteiger partial charge in [0.15, 0.2) is 0 Å². The number of amides is 4. The summed E-state index contributed by atoms with van der Waals surface area (Å²) in [7, 11) is 0. The van der Waals surface area contributed by atoms with E-state index in [-0.39, 0.29) is 64.1 Å². The summed E-state index contributed by atoms with van der Waals surface area (Å²) in [6.45, 7) is 0.204. The van der Waals surface area contributed by atoms with Gasteiger partial charge in [-0.1, -0.05) is 11.6 Å². The van der Waals surface area contributed by atoms with Crippen molar-refractivity contribution in [2.45, 2.75) is 32.0 Å². The van der Waals surface area contributed by atoms with Crippen molar-refractivity contribution in [1.29, 1.82) is 0 Å². The van der Waals surface area contributed by atoms with Crippen LogP contribution in [0.15, 0.2) is 36.5 Å². The first-order valence-corrected chi connectivity index (χ1v) is 9.04. The van der Waals surface area contributed by atoms with Gasteiger partial charge in [-0.25, -0.2) is 9.78 Å². The number of pyridine rings is 1. The fourth-order valence-corrected chi connectivity index (χ4v) is 3.34. The molecule has 1 radical (unpaired) electrons. The molecule has 3 heterocycles. The van der Waals surface area contributed by atoms with Crippen LogP contribution in [0.1, 0.15) is 34.3 Å². The Morgan fingerprint density at radius 3 is 2.90 bits per heavy atom. The van der Waals surface area contributed by atoms with E-state index in [0.717, 1.165) is 5.56 Å². The van der Waals surface area contributed by atoms with Crippen molar-refractivity contribution in [2.24, 2.45) is 0 Å². The Bertz CT molecular complexity index is 998. The zero-order valence-corrected chi connectivity index (χ0v) is 18.7. The molecular weight excluding hydrogens is 465 g/mol. The second kappa shape index (κ2) is 9.44. The van der Waals surface area contributed by atoms with Crippen LogP contribution in [0.3, 0.4) is 0 Å². The summed E-state index contributed by atoms with van der Waals surface area (Å²) in [6, 6.07) is 10.7. The van der Waals surface area contributed by atoms with Gasteiger partial charge in [0.25, 0.3) is 0 Å². The number of imide groups is 1. The molecule has 2 aromatic rings. The molecule has 1 aromatic carbocycles. The average Bonchev–Trinajstić information content (AvgIpc) is 3.03. The molecule has 1 aromatic heterocycles. The summed E-state index contributed by atoms with van der Waals surface area (Å²) in [5, 5.41) is 4.77. The maximum atomic E-state index is 12.8. The molecule has 0 bridgehead atoms. The molecule has 151 valence electrons. The van der Waals surface area contributed by atoms with Gasteiger partial charge in [-0.2, -0.15) is 18.2 Å². The smallest absolute Gasteiger partial charge is 0.413 e. The van der Waals surface area contributed by atoms with Crippen molar-refractivity contribution in [3.8, 4) is 0 Å². The molecule has 1 saturated heterocycles. The van der Waals surface area contributed by atoms with Crippen molar-refractivity contribution in [1.82, 2.24) is 15.2 Å². The van der Waals surface area contributed by atoms with Crippen LogP contribution >= 0.6 is 0 Å². The number of carbonyl (C=O) groups is 4. The van der Waals surface area contributed by atoms with Gasteiger partial charge in [0.05, 0.1) is 6.61 Å². The van der Waals surface area contributed by atoms with E-state index in [4.69, 9.17) is 4.74 Å². The van der Waals surface area contributed by atoms with Crippen LogP contribution in [-0.2, 0) is 60.2 Å². The van der Waals surface area contributed by atoms with Crippen LogP contribution in [-0.4, -0.2) is 39.7 Å². The van der Waals surface area contributed by atoms with Crippen LogP contribution in [0.25, 0.3) is 0 Å². The third-order valence-electron chi connectivity index (χ3n) is 4.77. The Kier molecular flexibility index (Phi) is 6.94. The number of nitrogens with one attached hydrogen (secondary N) is 2. The van der Waals surface area contributed by atoms with Crippen LogP contribution in [0, 0.1) is 6.07 Å². The molecule has 2 aliphatic heterocycles. The number of ether oxygens (including phenoxy) is 1. The predicted octanol–water partition coefficient (Wildman–Crippen LogP) is 1.39. The fraction of sp³-hybridized carbons (Fsp3) is 0.250. The zero-order valence-electron chi connectivity index (χ0n) is 15.9. The minimum Gasteiger partial charge on any atom is -0.447 e. The Hall–Kier alpha value is -2.65. The van der Waals surface area contributed by atoms with Crippen LogP contribution in [0.5, 0.6) is 0 Å². The first-order valence-electron chi connectivity index (χ1n) is 9.04. The molecule has 10 heteroatoms. The quantitative estimate of drug-likeness (QED) is 0.503. The van der Waals surface area contributed by atoms with E-state index in [1.54, 1.807) is 36.5 Å². The van der Waals surface area contributed by atoms with E-state index in [2.05, 4.69) is 21.7 Å². The predicted molar refractivity (Wildman–Crippen MR) is 99.4 cm³/mol. The van der Waals surface area contributed by atoms with Gasteiger partial charge in [-0.3, -0.25) is 25.0 Å². The van der Waals surface area contributed by atoms with Crippen LogP contribution < -0.4 is 10.6 Å².